The van der Waals surface area contributed by atoms with Crippen molar-refractivity contribution in [3.8, 4) is 0 Å². The predicted octanol–water partition coefficient (Wildman–Crippen LogP) is 3.79. The van der Waals surface area contributed by atoms with Gasteiger partial charge in [-0.2, -0.15) is 13.2 Å². The molecule has 0 aliphatic carbocycles. The highest BCUT2D eigenvalue weighted by atomic mass is 35.5. The van der Waals surface area contributed by atoms with Crippen molar-refractivity contribution in [1.82, 2.24) is 9.88 Å². The lowest BCUT2D eigenvalue weighted by atomic mass is 9.89. The lowest BCUT2D eigenvalue weighted by Gasteiger charge is -2.38. The first-order valence-corrected chi connectivity index (χ1v) is 10.1. The van der Waals surface area contributed by atoms with E-state index >= 15 is 0 Å². The maximum Gasteiger partial charge on any atom is 0.417 e. The van der Waals surface area contributed by atoms with Crippen LogP contribution >= 0.6 is 11.6 Å². The van der Waals surface area contributed by atoms with Gasteiger partial charge in [-0.3, -0.25) is 19.4 Å². The van der Waals surface area contributed by atoms with Gasteiger partial charge in [-0.1, -0.05) is 24.6 Å². The van der Waals surface area contributed by atoms with Crippen molar-refractivity contribution >= 4 is 35.0 Å². The smallest absolute Gasteiger partial charge is 0.366 e. The van der Waals surface area contributed by atoms with Crippen LogP contribution in [0.5, 0.6) is 0 Å². The number of aromatic nitrogens is 1. The largest absolute Gasteiger partial charge is 0.417 e. The number of likely N-dealkylation sites (tertiary alicyclic amines) is 1. The molecule has 3 N–H and O–H groups in total. The number of halogens is 4. The highest BCUT2D eigenvalue weighted by Crippen LogP contribution is 2.39. The lowest BCUT2D eigenvalue weighted by Crippen LogP contribution is -2.46. The van der Waals surface area contributed by atoms with Gasteiger partial charge in [0.05, 0.1) is 34.1 Å². The van der Waals surface area contributed by atoms with E-state index < -0.39 is 40.5 Å². The number of alkyl halides is 3. The molecule has 0 bridgehead atoms. The minimum absolute atomic E-state index is 0.0547. The zero-order valence-corrected chi connectivity index (χ0v) is 17.7. The van der Waals surface area contributed by atoms with E-state index in [1.807, 2.05) is 6.92 Å². The fourth-order valence-electron chi connectivity index (χ4n) is 3.65. The van der Waals surface area contributed by atoms with Gasteiger partial charge in [0, 0.05) is 12.7 Å². The second-order valence-electron chi connectivity index (χ2n) is 7.67. The Labute approximate surface area is 186 Å². The third-order valence-electron chi connectivity index (χ3n) is 5.24. The van der Waals surface area contributed by atoms with Crippen molar-refractivity contribution < 1.29 is 27.6 Å². The van der Waals surface area contributed by atoms with E-state index in [2.05, 4.69) is 10.3 Å². The van der Waals surface area contributed by atoms with Crippen LogP contribution in [0.1, 0.15) is 47.3 Å². The normalized spacial score (nSPS) is 18.8. The van der Waals surface area contributed by atoms with Gasteiger partial charge in [-0.25, -0.2) is 0 Å². The van der Waals surface area contributed by atoms with Crippen molar-refractivity contribution in [3.05, 3.63) is 58.4 Å². The molecular formula is C21H20ClF3N4O3. The van der Waals surface area contributed by atoms with Crippen molar-refractivity contribution in [2.75, 3.05) is 11.9 Å². The molecule has 1 fully saturated rings. The number of carbonyl (C=O) groups is 3. The average Bonchev–Trinajstić information content (AvgIpc) is 2.72. The summed E-state index contributed by atoms with van der Waals surface area (Å²) in [5, 5.41) is 1.91. The number of nitrogens with one attached hydrogen (secondary N) is 1. The van der Waals surface area contributed by atoms with Crippen molar-refractivity contribution in [2.24, 2.45) is 11.7 Å². The minimum Gasteiger partial charge on any atom is -0.366 e. The van der Waals surface area contributed by atoms with Crippen LogP contribution in [0.4, 0.5) is 18.9 Å². The van der Waals surface area contributed by atoms with E-state index in [0.29, 0.717) is 12.0 Å². The zero-order chi connectivity index (χ0) is 23.6. The molecule has 2 atom stereocenters. The maximum atomic E-state index is 13.0. The monoisotopic (exact) mass is 468 g/mol. The topological polar surface area (TPSA) is 105 Å². The number of pyridine rings is 1. The van der Waals surface area contributed by atoms with Gasteiger partial charge in [0.15, 0.2) is 0 Å². The number of carbonyl (C=O) groups excluding carboxylic acids is 3. The summed E-state index contributed by atoms with van der Waals surface area (Å²) >= 11 is 5.85. The van der Waals surface area contributed by atoms with Crippen molar-refractivity contribution in [1.29, 1.82) is 0 Å². The molecule has 1 aliphatic heterocycles. The van der Waals surface area contributed by atoms with Crippen LogP contribution in [0.3, 0.4) is 0 Å². The van der Waals surface area contributed by atoms with E-state index in [1.165, 1.54) is 35.5 Å². The number of benzene rings is 1. The number of nitrogens with two attached hydrogens (primary N) is 1. The molecule has 170 valence electrons. The van der Waals surface area contributed by atoms with E-state index in [9.17, 15) is 27.6 Å². The Hall–Kier alpha value is -3.14. The van der Waals surface area contributed by atoms with E-state index in [0.717, 1.165) is 12.5 Å². The summed E-state index contributed by atoms with van der Waals surface area (Å²) in [6.07, 6.45) is -0.945. The molecule has 0 unspecified atom stereocenters. The lowest BCUT2D eigenvalue weighted by molar-refractivity contribution is -0.146. The number of nitrogens with zero attached hydrogens (tertiary/aromatic N) is 2. The van der Waals surface area contributed by atoms with Crippen molar-refractivity contribution in [2.45, 2.75) is 32.0 Å². The second kappa shape index (κ2) is 9.15. The number of piperidine rings is 1. The molecule has 3 rings (SSSR count). The Morgan fingerprint density at radius 1 is 1.19 bits per heavy atom. The minimum atomic E-state index is -4.60. The Morgan fingerprint density at radius 2 is 1.91 bits per heavy atom. The van der Waals surface area contributed by atoms with Crippen LogP contribution < -0.4 is 11.1 Å². The number of anilines is 1. The van der Waals surface area contributed by atoms with Gasteiger partial charge in [0.25, 0.3) is 0 Å². The second-order valence-corrected chi connectivity index (χ2v) is 8.08. The van der Waals surface area contributed by atoms with Gasteiger partial charge < -0.3 is 16.0 Å². The summed E-state index contributed by atoms with van der Waals surface area (Å²) in [7, 11) is 0. The van der Waals surface area contributed by atoms with Gasteiger partial charge in [-0.15, -0.1) is 0 Å². The fourth-order valence-corrected chi connectivity index (χ4v) is 3.95. The number of hydrogen-bond acceptors (Lipinski definition) is 4. The SMILES string of the molecule is C[C@H]1CC[C@H](c2ccc(C(F)(F)F)c(Cl)c2)N(C(=O)C(=O)Nc2cncc(C(N)=O)c2)C1. The highest BCUT2D eigenvalue weighted by Gasteiger charge is 2.37. The third kappa shape index (κ3) is 5.18. The molecule has 1 saturated heterocycles. The predicted molar refractivity (Wildman–Crippen MR) is 111 cm³/mol. The van der Waals surface area contributed by atoms with E-state index in [1.54, 1.807) is 0 Å². The highest BCUT2D eigenvalue weighted by molar-refractivity contribution is 6.39. The van der Waals surface area contributed by atoms with Gasteiger partial charge in [-0.05, 0) is 42.5 Å². The molecule has 3 amide bonds. The fraction of sp³-hybridized carbons (Fsp3) is 0.333. The van der Waals surface area contributed by atoms with Crippen molar-refractivity contribution in [3.63, 3.8) is 0 Å². The molecule has 0 spiro atoms. The summed E-state index contributed by atoms with van der Waals surface area (Å²) in [6.45, 7) is 2.16. The number of rotatable bonds is 3. The summed E-state index contributed by atoms with van der Waals surface area (Å²) in [5.41, 5.74) is 4.80. The summed E-state index contributed by atoms with van der Waals surface area (Å²) < 4.78 is 39.1. The van der Waals surface area contributed by atoms with E-state index in [4.69, 9.17) is 17.3 Å². The number of hydrogen-bond donors (Lipinski definition) is 2. The van der Waals surface area contributed by atoms with Crippen LogP contribution in [0.25, 0.3) is 0 Å². The van der Waals surface area contributed by atoms with Crippen LogP contribution in [0.2, 0.25) is 5.02 Å². The molecular weight excluding hydrogens is 449 g/mol. The van der Waals surface area contributed by atoms with E-state index in [-0.39, 0.29) is 23.7 Å². The standard InChI is InChI=1S/C21H20ClF3N4O3/c1-11-2-5-17(12-3-4-15(16(22)7-12)21(23,24)25)29(10-11)20(32)19(31)28-14-6-13(18(26)30)8-27-9-14/h3-4,6-9,11,17H,2,5,10H2,1H3,(H2,26,30)(H,28,31)/t11-,17+/m0/s1. The molecule has 0 radical (unpaired) electrons. The molecule has 1 aromatic heterocycles. The summed E-state index contributed by atoms with van der Waals surface area (Å²) in [4.78, 5) is 42.0. The Balaban J connectivity index is 1.84. The van der Waals surface area contributed by atoms with Gasteiger partial charge in [0.2, 0.25) is 5.91 Å². The Morgan fingerprint density at radius 3 is 2.53 bits per heavy atom. The average molecular weight is 469 g/mol. The summed E-state index contributed by atoms with van der Waals surface area (Å²) in [5.74, 6) is -2.48. The van der Waals surface area contributed by atoms with Crippen LogP contribution in [-0.4, -0.2) is 34.2 Å². The number of amides is 3. The molecule has 7 nitrogen and oxygen atoms in total. The first-order valence-electron chi connectivity index (χ1n) is 9.70. The first-order chi connectivity index (χ1) is 15.0. The summed E-state index contributed by atoms with van der Waals surface area (Å²) in [6, 6.07) is 4.00. The van der Waals surface area contributed by atoms with Crippen LogP contribution in [0.15, 0.2) is 36.7 Å². The van der Waals surface area contributed by atoms with Crippen LogP contribution in [0, 0.1) is 5.92 Å². The number of primary amides is 1. The van der Waals surface area contributed by atoms with Gasteiger partial charge >= 0.3 is 18.0 Å². The third-order valence-corrected chi connectivity index (χ3v) is 5.55. The molecule has 2 heterocycles. The maximum absolute atomic E-state index is 13.0. The zero-order valence-electron chi connectivity index (χ0n) is 16.9. The molecule has 1 aromatic carbocycles. The molecule has 2 aromatic rings. The molecule has 11 heteroatoms. The van der Waals surface area contributed by atoms with Gasteiger partial charge in [0.1, 0.15) is 0 Å². The first kappa shape index (κ1) is 23.5. The van der Waals surface area contributed by atoms with Crippen LogP contribution in [-0.2, 0) is 15.8 Å². The molecule has 1 aliphatic rings. The quantitative estimate of drug-likeness (QED) is 0.668. The molecule has 0 saturated carbocycles. The Bertz CT molecular complexity index is 1060. The Kier molecular flexibility index (Phi) is 6.73. The molecule has 32 heavy (non-hydrogen) atoms.